The van der Waals surface area contributed by atoms with Crippen LogP contribution in [0.1, 0.15) is 66.1 Å². The first-order chi connectivity index (χ1) is 16.4. The molecule has 0 aliphatic heterocycles. The summed E-state index contributed by atoms with van der Waals surface area (Å²) in [5, 5.41) is 6.30. The topological polar surface area (TPSA) is 61.4 Å². The first-order valence-electron chi connectivity index (χ1n) is 12.8. The third-order valence-electron chi connectivity index (χ3n) is 8.45. The standard InChI is InChI=1S/C29H37N3O2/c1-32(2)26(24-6-4-3-5-7-24)19-30-27(33)25-10-8-20(9-11-25)18-31-28(34)29-15-21-12-22(16-29)14-23(13-21)17-29/h3-11,21-23,26H,12-19H2,1-2H3,(H,30,33)(H,31,34). The molecule has 1 unspecified atom stereocenters. The van der Waals surface area contributed by atoms with Crippen molar-refractivity contribution in [3.63, 3.8) is 0 Å². The molecule has 4 saturated carbocycles. The molecule has 180 valence electrons. The highest BCUT2D eigenvalue weighted by Gasteiger charge is 2.54. The van der Waals surface area contributed by atoms with Crippen LogP contribution in [0.5, 0.6) is 0 Å². The number of carbonyl (C=O) groups excluding carboxylic acids is 2. The van der Waals surface area contributed by atoms with Gasteiger partial charge in [-0.3, -0.25) is 9.59 Å². The second-order valence-corrected chi connectivity index (χ2v) is 11.2. The maximum atomic E-state index is 13.2. The molecule has 0 aromatic heterocycles. The van der Waals surface area contributed by atoms with E-state index in [0.717, 1.165) is 42.6 Å². The highest BCUT2D eigenvalue weighted by atomic mass is 16.2. The minimum absolute atomic E-state index is 0.0769. The Labute approximate surface area is 203 Å². The normalized spacial score (nSPS) is 28.0. The summed E-state index contributed by atoms with van der Waals surface area (Å²) in [6, 6.07) is 18.0. The van der Waals surface area contributed by atoms with Crippen LogP contribution in [-0.2, 0) is 11.3 Å². The van der Waals surface area contributed by atoms with Crippen LogP contribution in [-0.4, -0.2) is 37.4 Å². The van der Waals surface area contributed by atoms with Crippen LogP contribution in [0, 0.1) is 23.2 Å². The molecular weight excluding hydrogens is 422 g/mol. The number of benzene rings is 2. The van der Waals surface area contributed by atoms with Crippen molar-refractivity contribution < 1.29 is 9.59 Å². The van der Waals surface area contributed by atoms with Gasteiger partial charge >= 0.3 is 0 Å². The lowest BCUT2D eigenvalue weighted by Crippen LogP contribution is -2.53. The van der Waals surface area contributed by atoms with Crippen LogP contribution in [0.4, 0.5) is 0 Å². The van der Waals surface area contributed by atoms with Gasteiger partial charge in [0, 0.05) is 24.1 Å². The monoisotopic (exact) mass is 459 g/mol. The highest BCUT2D eigenvalue weighted by Crippen LogP contribution is 2.60. The van der Waals surface area contributed by atoms with Crippen LogP contribution < -0.4 is 10.6 Å². The van der Waals surface area contributed by atoms with Gasteiger partial charge in [0.25, 0.3) is 5.91 Å². The van der Waals surface area contributed by atoms with Gasteiger partial charge in [-0.2, -0.15) is 0 Å². The predicted octanol–water partition coefficient (Wildman–Crippen LogP) is 4.55. The van der Waals surface area contributed by atoms with Crippen molar-refractivity contribution in [1.29, 1.82) is 0 Å². The predicted molar refractivity (Wildman–Crippen MR) is 134 cm³/mol. The maximum absolute atomic E-state index is 13.2. The Bertz CT molecular complexity index is 980. The minimum Gasteiger partial charge on any atom is -0.352 e. The summed E-state index contributed by atoms with van der Waals surface area (Å²) in [6.45, 7) is 1.07. The van der Waals surface area contributed by atoms with Crippen molar-refractivity contribution >= 4 is 11.8 Å². The number of nitrogens with one attached hydrogen (secondary N) is 2. The zero-order valence-electron chi connectivity index (χ0n) is 20.4. The van der Waals surface area contributed by atoms with E-state index in [1.54, 1.807) is 0 Å². The van der Waals surface area contributed by atoms with E-state index in [1.165, 1.54) is 24.8 Å². The van der Waals surface area contributed by atoms with Gasteiger partial charge in [0.1, 0.15) is 0 Å². The van der Waals surface area contributed by atoms with Crippen molar-refractivity contribution in [2.24, 2.45) is 23.2 Å². The van der Waals surface area contributed by atoms with Gasteiger partial charge < -0.3 is 15.5 Å². The largest absolute Gasteiger partial charge is 0.352 e. The van der Waals surface area contributed by atoms with E-state index in [0.29, 0.717) is 18.7 Å². The second kappa shape index (κ2) is 9.53. The molecule has 2 aromatic rings. The molecule has 0 saturated heterocycles. The Kier molecular flexibility index (Phi) is 6.48. The van der Waals surface area contributed by atoms with E-state index in [-0.39, 0.29) is 23.3 Å². The summed E-state index contributed by atoms with van der Waals surface area (Å²) < 4.78 is 0. The third-order valence-corrected chi connectivity index (χ3v) is 8.45. The molecule has 4 fully saturated rings. The van der Waals surface area contributed by atoms with Gasteiger partial charge in [0.2, 0.25) is 5.91 Å². The first-order valence-corrected chi connectivity index (χ1v) is 12.8. The number of amides is 2. The summed E-state index contributed by atoms with van der Waals surface area (Å²) in [5.41, 5.74) is 2.74. The zero-order valence-corrected chi connectivity index (χ0v) is 20.4. The molecule has 34 heavy (non-hydrogen) atoms. The van der Waals surface area contributed by atoms with Crippen LogP contribution in [0.3, 0.4) is 0 Å². The van der Waals surface area contributed by atoms with Crippen molar-refractivity contribution in [1.82, 2.24) is 15.5 Å². The SMILES string of the molecule is CN(C)C(CNC(=O)c1ccc(CNC(=O)C23CC4CC(CC(C4)C2)C3)cc1)c1ccccc1. The summed E-state index contributed by atoms with van der Waals surface area (Å²) in [4.78, 5) is 28.0. The molecule has 5 heteroatoms. The average molecular weight is 460 g/mol. The lowest BCUT2D eigenvalue weighted by molar-refractivity contribution is -0.146. The van der Waals surface area contributed by atoms with Crippen LogP contribution in [0.25, 0.3) is 0 Å². The van der Waals surface area contributed by atoms with Gasteiger partial charge in [-0.05, 0) is 93.6 Å². The summed E-state index contributed by atoms with van der Waals surface area (Å²) in [7, 11) is 4.05. The number of nitrogens with zero attached hydrogens (tertiary/aromatic N) is 1. The number of hydrogen-bond donors (Lipinski definition) is 2. The van der Waals surface area contributed by atoms with Gasteiger partial charge in [-0.1, -0.05) is 42.5 Å². The average Bonchev–Trinajstić information content (AvgIpc) is 2.82. The zero-order chi connectivity index (χ0) is 23.7. The van der Waals surface area contributed by atoms with E-state index < -0.39 is 0 Å². The van der Waals surface area contributed by atoms with E-state index >= 15 is 0 Å². The smallest absolute Gasteiger partial charge is 0.251 e. The summed E-state index contributed by atoms with van der Waals surface area (Å²) in [6.07, 6.45) is 7.28. The molecular formula is C29H37N3O2. The number of rotatable bonds is 8. The van der Waals surface area contributed by atoms with Gasteiger partial charge in [-0.25, -0.2) is 0 Å². The fourth-order valence-electron chi connectivity index (χ4n) is 7.10. The Hall–Kier alpha value is -2.66. The van der Waals surface area contributed by atoms with Crippen molar-refractivity contribution in [3.8, 4) is 0 Å². The molecule has 5 nitrogen and oxygen atoms in total. The number of hydrogen-bond acceptors (Lipinski definition) is 3. The summed E-state index contributed by atoms with van der Waals surface area (Å²) >= 11 is 0. The molecule has 1 atom stereocenters. The Balaban J connectivity index is 1.14. The maximum Gasteiger partial charge on any atom is 0.251 e. The van der Waals surface area contributed by atoms with E-state index in [9.17, 15) is 9.59 Å². The molecule has 2 N–H and O–H groups in total. The molecule has 4 aliphatic carbocycles. The molecule has 2 aromatic carbocycles. The van der Waals surface area contributed by atoms with E-state index in [2.05, 4.69) is 27.7 Å². The molecule has 0 radical (unpaired) electrons. The highest BCUT2D eigenvalue weighted by molar-refractivity contribution is 5.94. The molecule has 2 amide bonds. The molecule has 0 heterocycles. The van der Waals surface area contributed by atoms with Crippen molar-refractivity contribution in [2.45, 2.75) is 51.1 Å². The third kappa shape index (κ3) is 4.76. The summed E-state index contributed by atoms with van der Waals surface area (Å²) in [5.74, 6) is 2.48. The van der Waals surface area contributed by atoms with Crippen LogP contribution in [0.2, 0.25) is 0 Å². The number of carbonyl (C=O) groups is 2. The van der Waals surface area contributed by atoms with Gasteiger partial charge in [0.05, 0.1) is 6.04 Å². The van der Waals surface area contributed by atoms with Crippen LogP contribution in [0.15, 0.2) is 54.6 Å². The molecule has 0 spiro atoms. The van der Waals surface area contributed by atoms with Gasteiger partial charge in [0.15, 0.2) is 0 Å². The molecule has 4 bridgehead atoms. The first kappa shape index (κ1) is 23.1. The second-order valence-electron chi connectivity index (χ2n) is 11.2. The van der Waals surface area contributed by atoms with Crippen molar-refractivity contribution in [2.75, 3.05) is 20.6 Å². The number of likely N-dealkylation sites (N-methyl/N-ethyl adjacent to an activating group) is 1. The lowest BCUT2D eigenvalue weighted by atomic mass is 9.49. The Morgan fingerprint density at radius 2 is 1.47 bits per heavy atom. The fourth-order valence-corrected chi connectivity index (χ4v) is 7.10. The van der Waals surface area contributed by atoms with E-state index in [4.69, 9.17) is 0 Å². The van der Waals surface area contributed by atoms with Gasteiger partial charge in [-0.15, -0.1) is 0 Å². The van der Waals surface area contributed by atoms with E-state index in [1.807, 2.05) is 56.6 Å². The Morgan fingerprint density at radius 3 is 2.03 bits per heavy atom. The molecule has 6 rings (SSSR count). The lowest BCUT2D eigenvalue weighted by Gasteiger charge is -2.55. The Morgan fingerprint density at radius 1 is 0.882 bits per heavy atom. The van der Waals surface area contributed by atoms with Crippen molar-refractivity contribution in [3.05, 3.63) is 71.3 Å². The van der Waals surface area contributed by atoms with Crippen LogP contribution >= 0.6 is 0 Å². The minimum atomic E-state index is -0.115. The quantitative estimate of drug-likeness (QED) is 0.609. The fraction of sp³-hybridized carbons (Fsp3) is 0.517. The molecule has 4 aliphatic rings.